The third-order valence-corrected chi connectivity index (χ3v) is 4.80. The summed E-state index contributed by atoms with van der Waals surface area (Å²) in [6.45, 7) is 7.25. The number of hydrogen-bond acceptors (Lipinski definition) is 4. The molecule has 1 aliphatic heterocycles. The van der Waals surface area contributed by atoms with Crippen LogP contribution in [0.4, 0.5) is 5.69 Å². The van der Waals surface area contributed by atoms with Gasteiger partial charge in [0.05, 0.1) is 0 Å². The summed E-state index contributed by atoms with van der Waals surface area (Å²) < 4.78 is 5.40. The predicted molar refractivity (Wildman–Crippen MR) is 112 cm³/mol. The number of nitrogens with two attached hydrogens (primary N) is 1. The zero-order chi connectivity index (χ0) is 19.9. The molecule has 1 amide bonds. The molecule has 0 saturated carbocycles. The van der Waals surface area contributed by atoms with Gasteiger partial charge in [0, 0.05) is 31.4 Å². The third kappa shape index (κ3) is 5.28. The van der Waals surface area contributed by atoms with Crippen LogP contribution in [0.1, 0.15) is 41.6 Å². The van der Waals surface area contributed by atoms with E-state index < -0.39 is 5.91 Å². The van der Waals surface area contributed by atoms with Crippen LogP contribution in [-0.4, -0.2) is 37.5 Å². The summed E-state index contributed by atoms with van der Waals surface area (Å²) in [7, 11) is 0. The summed E-state index contributed by atoms with van der Waals surface area (Å²) in [6, 6.07) is 12.3. The van der Waals surface area contributed by atoms with Crippen molar-refractivity contribution in [3.63, 3.8) is 0 Å². The standard InChI is InChI=1S/C21H29N5O2/c1-3-23-21(24-13-18-10-11-19(28-18)20(22)27)25-16-5-4-12-26(14-16)17-8-6-15(2)7-9-17/h6-11,16H,3-5,12-14H2,1-2H3,(H2,22,27)(H2,23,24,25). The SMILES string of the molecule is CCNC(=NCc1ccc(C(N)=O)o1)NC1CCCN(c2ccc(C)cc2)C1. The fourth-order valence-electron chi connectivity index (χ4n) is 3.35. The fraction of sp³-hybridized carbons (Fsp3) is 0.429. The molecule has 0 radical (unpaired) electrons. The molecule has 7 nitrogen and oxygen atoms in total. The molecule has 0 aliphatic carbocycles. The molecule has 2 aromatic rings. The molecule has 1 aromatic carbocycles. The van der Waals surface area contributed by atoms with E-state index in [-0.39, 0.29) is 5.76 Å². The van der Waals surface area contributed by atoms with Crippen molar-refractivity contribution in [3.05, 3.63) is 53.5 Å². The molecule has 1 fully saturated rings. The van der Waals surface area contributed by atoms with Crippen molar-refractivity contribution in [1.29, 1.82) is 0 Å². The maximum atomic E-state index is 11.1. The number of guanidine groups is 1. The number of aliphatic imine (C=N–C) groups is 1. The van der Waals surface area contributed by atoms with E-state index in [1.807, 2.05) is 6.92 Å². The van der Waals surface area contributed by atoms with E-state index in [9.17, 15) is 4.79 Å². The molecule has 1 aliphatic rings. The molecule has 0 spiro atoms. The van der Waals surface area contributed by atoms with Crippen molar-refractivity contribution >= 4 is 17.6 Å². The first-order valence-electron chi connectivity index (χ1n) is 9.80. The van der Waals surface area contributed by atoms with Crippen LogP contribution >= 0.6 is 0 Å². The summed E-state index contributed by atoms with van der Waals surface area (Å²) in [5, 5.41) is 6.81. The lowest BCUT2D eigenvalue weighted by molar-refractivity contribution is 0.0972. The Labute approximate surface area is 166 Å². The van der Waals surface area contributed by atoms with Gasteiger partial charge in [-0.05, 0) is 51.0 Å². The number of piperidine rings is 1. The Morgan fingerprint density at radius 3 is 2.75 bits per heavy atom. The molecule has 1 atom stereocenters. The number of primary amides is 1. The summed E-state index contributed by atoms with van der Waals surface area (Å²) in [5.74, 6) is 0.939. The molecule has 3 rings (SSSR count). The second-order valence-corrected chi connectivity index (χ2v) is 7.09. The second kappa shape index (κ2) is 9.30. The Morgan fingerprint density at radius 1 is 1.29 bits per heavy atom. The van der Waals surface area contributed by atoms with Gasteiger partial charge in [0.2, 0.25) is 0 Å². The minimum atomic E-state index is -0.571. The molecule has 1 aromatic heterocycles. The largest absolute Gasteiger partial charge is 0.454 e. The Morgan fingerprint density at radius 2 is 2.07 bits per heavy atom. The second-order valence-electron chi connectivity index (χ2n) is 7.09. The van der Waals surface area contributed by atoms with Gasteiger partial charge in [-0.15, -0.1) is 0 Å². The van der Waals surface area contributed by atoms with E-state index in [4.69, 9.17) is 10.2 Å². The van der Waals surface area contributed by atoms with Gasteiger partial charge in [-0.1, -0.05) is 17.7 Å². The average molecular weight is 383 g/mol. The number of aryl methyl sites for hydroxylation is 1. The van der Waals surface area contributed by atoms with Gasteiger partial charge in [0.25, 0.3) is 5.91 Å². The smallest absolute Gasteiger partial charge is 0.284 e. The minimum absolute atomic E-state index is 0.157. The van der Waals surface area contributed by atoms with Gasteiger partial charge < -0.3 is 25.7 Å². The van der Waals surface area contributed by atoms with Crippen LogP contribution in [-0.2, 0) is 6.54 Å². The average Bonchev–Trinajstić information content (AvgIpc) is 3.17. The fourth-order valence-corrected chi connectivity index (χ4v) is 3.35. The molecule has 1 saturated heterocycles. The number of carbonyl (C=O) groups excluding carboxylic acids is 1. The minimum Gasteiger partial charge on any atom is -0.454 e. The lowest BCUT2D eigenvalue weighted by Crippen LogP contribution is -2.51. The quantitative estimate of drug-likeness (QED) is 0.526. The van der Waals surface area contributed by atoms with Gasteiger partial charge in [-0.3, -0.25) is 4.79 Å². The first-order chi connectivity index (χ1) is 13.5. The van der Waals surface area contributed by atoms with E-state index in [0.717, 1.165) is 38.4 Å². The Bertz CT molecular complexity index is 812. The van der Waals surface area contributed by atoms with E-state index in [0.29, 0.717) is 18.3 Å². The number of nitrogens with one attached hydrogen (secondary N) is 2. The summed E-state index contributed by atoms with van der Waals surface area (Å²) in [4.78, 5) is 18.1. The highest BCUT2D eigenvalue weighted by Gasteiger charge is 2.21. The molecule has 150 valence electrons. The van der Waals surface area contributed by atoms with E-state index in [2.05, 4.69) is 51.7 Å². The first kappa shape index (κ1) is 19.8. The van der Waals surface area contributed by atoms with Crippen LogP contribution in [0.2, 0.25) is 0 Å². The van der Waals surface area contributed by atoms with E-state index >= 15 is 0 Å². The van der Waals surface area contributed by atoms with Gasteiger partial charge in [0.1, 0.15) is 12.3 Å². The topological polar surface area (TPSA) is 95.9 Å². The third-order valence-electron chi connectivity index (χ3n) is 4.80. The molecular formula is C21H29N5O2. The molecule has 2 heterocycles. The van der Waals surface area contributed by atoms with E-state index in [1.54, 1.807) is 12.1 Å². The molecule has 4 N–H and O–H groups in total. The molecule has 1 unspecified atom stereocenters. The molecule has 0 bridgehead atoms. The Balaban J connectivity index is 1.62. The van der Waals surface area contributed by atoms with Crippen molar-refractivity contribution in [2.75, 3.05) is 24.5 Å². The highest BCUT2D eigenvalue weighted by Crippen LogP contribution is 2.20. The Hall–Kier alpha value is -2.96. The van der Waals surface area contributed by atoms with Crippen molar-refractivity contribution in [2.45, 2.75) is 39.3 Å². The number of furan rings is 1. The van der Waals surface area contributed by atoms with Crippen molar-refractivity contribution in [2.24, 2.45) is 10.7 Å². The molecular weight excluding hydrogens is 354 g/mol. The number of hydrogen-bond donors (Lipinski definition) is 3. The maximum Gasteiger partial charge on any atom is 0.284 e. The van der Waals surface area contributed by atoms with Crippen LogP contribution < -0.4 is 21.3 Å². The van der Waals surface area contributed by atoms with Gasteiger partial charge in [-0.2, -0.15) is 0 Å². The zero-order valence-electron chi connectivity index (χ0n) is 16.6. The first-order valence-corrected chi connectivity index (χ1v) is 9.80. The zero-order valence-corrected chi connectivity index (χ0v) is 16.6. The molecule has 7 heteroatoms. The number of nitrogens with zero attached hydrogens (tertiary/aromatic N) is 2. The van der Waals surface area contributed by atoms with Gasteiger partial charge in [0.15, 0.2) is 11.7 Å². The number of rotatable bonds is 6. The highest BCUT2D eigenvalue weighted by molar-refractivity contribution is 5.89. The number of benzene rings is 1. The van der Waals surface area contributed by atoms with Crippen molar-refractivity contribution in [3.8, 4) is 0 Å². The van der Waals surface area contributed by atoms with Crippen molar-refractivity contribution in [1.82, 2.24) is 10.6 Å². The monoisotopic (exact) mass is 383 g/mol. The van der Waals surface area contributed by atoms with Gasteiger partial charge >= 0.3 is 0 Å². The van der Waals surface area contributed by atoms with Crippen LogP contribution in [0.25, 0.3) is 0 Å². The molecule has 28 heavy (non-hydrogen) atoms. The summed E-state index contributed by atoms with van der Waals surface area (Å²) >= 11 is 0. The van der Waals surface area contributed by atoms with Crippen LogP contribution in [0.15, 0.2) is 45.8 Å². The lowest BCUT2D eigenvalue weighted by Gasteiger charge is -2.35. The normalized spacial score (nSPS) is 17.4. The summed E-state index contributed by atoms with van der Waals surface area (Å²) in [6.07, 6.45) is 2.23. The maximum absolute atomic E-state index is 11.1. The van der Waals surface area contributed by atoms with Crippen molar-refractivity contribution < 1.29 is 9.21 Å². The van der Waals surface area contributed by atoms with Crippen LogP contribution in [0.3, 0.4) is 0 Å². The lowest BCUT2D eigenvalue weighted by atomic mass is 10.0. The van der Waals surface area contributed by atoms with Crippen LogP contribution in [0, 0.1) is 6.92 Å². The van der Waals surface area contributed by atoms with E-state index in [1.165, 1.54) is 11.3 Å². The number of anilines is 1. The van der Waals surface area contributed by atoms with Gasteiger partial charge in [-0.25, -0.2) is 4.99 Å². The van der Waals surface area contributed by atoms with Crippen LogP contribution in [0.5, 0.6) is 0 Å². The number of amides is 1. The Kier molecular flexibility index (Phi) is 6.57. The summed E-state index contributed by atoms with van der Waals surface area (Å²) in [5.41, 5.74) is 7.76. The highest BCUT2D eigenvalue weighted by atomic mass is 16.3. The number of carbonyl (C=O) groups is 1. The predicted octanol–water partition coefficient (Wildman–Crippen LogP) is 2.41.